The summed E-state index contributed by atoms with van der Waals surface area (Å²) in [5.41, 5.74) is 1.23. The average Bonchev–Trinajstić information content (AvgIpc) is 2.67. The molecular weight excluding hydrogens is 234 g/mol. The summed E-state index contributed by atoms with van der Waals surface area (Å²) in [6.07, 6.45) is 3.18. The van der Waals surface area contributed by atoms with Crippen molar-refractivity contribution >= 4 is 11.6 Å². The van der Waals surface area contributed by atoms with Gasteiger partial charge in [-0.2, -0.15) is 0 Å². The van der Waals surface area contributed by atoms with Crippen LogP contribution in [-0.2, 0) is 6.54 Å². The maximum absolute atomic E-state index is 5.77. The Morgan fingerprint density at radius 1 is 1.53 bits per heavy atom. The largest absolute Gasteiger partial charge is 0.306 e. The quantitative estimate of drug-likeness (QED) is 0.767. The molecule has 0 aliphatic carbocycles. The molecule has 0 N–H and O–H groups in total. The van der Waals surface area contributed by atoms with Crippen LogP contribution in [0.15, 0.2) is 18.3 Å². The van der Waals surface area contributed by atoms with Crippen molar-refractivity contribution in [2.45, 2.75) is 13.0 Å². The van der Waals surface area contributed by atoms with E-state index in [1.165, 1.54) is 25.1 Å². The molecule has 4 heteroatoms. The molecule has 1 aliphatic heterocycles. The number of halogens is 1. The molecule has 1 aliphatic rings. The highest BCUT2D eigenvalue weighted by Crippen LogP contribution is 2.16. The second-order valence-electron chi connectivity index (χ2n) is 5.10. The van der Waals surface area contributed by atoms with Crippen molar-refractivity contribution < 1.29 is 0 Å². The van der Waals surface area contributed by atoms with Gasteiger partial charge in [0.15, 0.2) is 0 Å². The molecule has 1 aromatic rings. The number of hydrogen-bond donors (Lipinski definition) is 0. The summed E-state index contributed by atoms with van der Waals surface area (Å²) in [4.78, 5) is 8.88. The van der Waals surface area contributed by atoms with Crippen LogP contribution in [0, 0.1) is 5.92 Å². The van der Waals surface area contributed by atoms with Gasteiger partial charge in [0.2, 0.25) is 0 Å². The van der Waals surface area contributed by atoms with Gasteiger partial charge in [-0.05, 0) is 44.6 Å². The number of aromatic nitrogens is 1. The fourth-order valence-corrected chi connectivity index (χ4v) is 2.60. The van der Waals surface area contributed by atoms with Gasteiger partial charge in [0.05, 0.1) is 0 Å². The molecular formula is C13H20ClN3. The van der Waals surface area contributed by atoms with Crippen molar-refractivity contribution in [2.75, 3.05) is 33.7 Å². The van der Waals surface area contributed by atoms with Gasteiger partial charge in [-0.25, -0.2) is 4.98 Å². The predicted molar refractivity (Wildman–Crippen MR) is 71.2 cm³/mol. The van der Waals surface area contributed by atoms with E-state index in [-0.39, 0.29) is 0 Å². The average molecular weight is 254 g/mol. The lowest BCUT2D eigenvalue weighted by Crippen LogP contribution is -2.27. The number of hydrogen-bond acceptors (Lipinski definition) is 3. The molecule has 0 saturated carbocycles. The Hall–Kier alpha value is -0.640. The van der Waals surface area contributed by atoms with Crippen LogP contribution in [0.25, 0.3) is 0 Å². The lowest BCUT2D eigenvalue weighted by Gasteiger charge is -2.20. The second kappa shape index (κ2) is 5.80. The fraction of sp³-hybridized carbons (Fsp3) is 0.615. The third-order valence-electron chi connectivity index (χ3n) is 3.30. The number of likely N-dealkylation sites (tertiary alicyclic amines) is 1. The molecule has 17 heavy (non-hydrogen) atoms. The predicted octanol–water partition coefficient (Wildman–Crippen LogP) is 2.12. The lowest BCUT2D eigenvalue weighted by molar-refractivity contribution is 0.267. The highest BCUT2D eigenvalue weighted by molar-refractivity contribution is 6.29. The minimum absolute atomic E-state index is 0.564. The van der Waals surface area contributed by atoms with Gasteiger partial charge in [-0.1, -0.05) is 17.7 Å². The second-order valence-corrected chi connectivity index (χ2v) is 5.49. The lowest BCUT2D eigenvalue weighted by atomic mass is 10.1. The summed E-state index contributed by atoms with van der Waals surface area (Å²) in [6.45, 7) is 4.57. The molecule has 1 fully saturated rings. The highest BCUT2D eigenvalue weighted by atomic mass is 35.5. The van der Waals surface area contributed by atoms with Crippen molar-refractivity contribution in [3.05, 3.63) is 29.0 Å². The first-order valence-corrected chi connectivity index (χ1v) is 6.49. The maximum atomic E-state index is 5.77. The summed E-state index contributed by atoms with van der Waals surface area (Å²) < 4.78 is 0. The number of nitrogens with zero attached hydrogens (tertiary/aromatic N) is 3. The minimum Gasteiger partial charge on any atom is -0.306 e. The Morgan fingerprint density at radius 2 is 2.35 bits per heavy atom. The van der Waals surface area contributed by atoms with Gasteiger partial charge in [0.1, 0.15) is 5.15 Å². The van der Waals surface area contributed by atoms with Gasteiger partial charge >= 0.3 is 0 Å². The third kappa shape index (κ3) is 3.95. The molecule has 0 bridgehead atoms. The minimum atomic E-state index is 0.564. The Kier molecular flexibility index (Phi) is 4.37. The molecule has 0 spiro atoms. The Morgan fingerprint density at radius 3 is 2.94 bits per heavy atom. The first-order valence-electron chi connectivity index (χ1n) is 6.11. The van der Waals surface area contributed by atoms with Crippen LogP contribution in [0.1, 0.15) is 12.0 Å². The highest BCUT2D eigenvalue weighted by Gasteiger charge is 2.20. The van der Waals surface area contributed by atoms with E-state index in [1.54, 1.807) is 0 Å². The zero-order chi connectivity index (χ0) is 12.3. The molecule has 2 heterocycles. The van der Waals surface area contributed by atoms with Gasteiger partial charge in [-0.3, -0.25) is 0 Å². The van der Waals surface area contributed by atoms with Gasteiger partial charge in [0, 0.05) is 25.8 Å². The van der Waals surface area contributed by atoms with Crippen molar-refractivity contribution in [1.29, 1.82) is 0 Å². The molecule has 1 aromatic heterocycles. The van der Waals surface area contributed by atoms with Crippen molar-refractivity contribution in [3.8, 4) is 0 Å². The van der Waals surface area contributed by atoms with E-state index in [0.29, 0.717) is 5.15 Å². The third-order valence-corrected chi connectivity index (χ3v) is 3.52. The molecule has 1 atom stereocenters. The normalized spacial score (nSPS) is 21.3. The topological polar surface area (TPSA) is 19.4 Å². The SMILES string of the molecule is CN1CCC(CN(C)Cc2ccc(Cl)nc2)C1. The Bertz CT molecular complexity index is 352. The smallest absolute Gasteiger partial charge is 0.129 e. The summed E-state index contributed by atoms with van der Waals surface area (Å²) >= 11 is 5.77. The summed E-state index contributed by atoms with van der Waals surface area (Å²) in [7, 11) is 4.37. The summed E-state index contributed by atoms with van der Waals surface area (Å²) in [5.74, 6) is 0.810. The number of pyridine rings is 1. The number of rotatable bonds is 4. The van der Waals surface area contributed by atoms with Crippen molar-refractivity contribution in [1.82, 2.24) is 14.8 Å². The van der Waals surface area contributed by atoms with E-state index >= 15 is 0 Å². The maximum Gasteiger partial charge on any atom is 0.129 e. The van der Waals surface area contributed by atoms with E-state index in [4.69, 9.17) is 11.6 Å². The van der Waals surface area contributed by atoms with Crippen LogP contribution < -0.4 is 0 Å². The monoisotopic (exact) mass is 253 g/mol. The van der Waals surface area contributed by atoms with Gasteiger partial charge in [0.25, 0.3) is 0 Å². The first-order chi connectivity index (χ1) is 8.13. The van der Waals surface area contributed by atoms with Crippen LogP contribution in [-0.4, -0.2) is 48.5 Å². The van der Waals surface area contributed by atoms with E-state index in [9.17, 15) is 0 Å². The van der Waals surface area contributed by atoms with E-state index in [0.717, 1.165) is 19.0 Å². The van der Waals surface area contributed by atoms with Crippen LogP contribution in [0.2, 0.25) is 5.15 Å². The van der Waals surface area contributed by atoms with Crippen molar-refractivity contribution in [2.24, 2.45) is 5.92 Å². The summed E-state index contributed by atoms with van der Waals surface area (Å²) in [6, 6.07) is 3.90. The molecule has 2 rings (SSSR count). The molecule has 94 valence electrons. The van der Waals surface area contributed by atoms with Crippen LogP contribution >= 0.6 is 11.6 Å². The Balaban J connectivity index is 1.80. The molecule has 0 aromatic carbocycles. The summed E-state index contributed by atoms with van der Waals surface area (Å²) in [5, 5.41) is 0.564. The standard InChI is InChI=1S/C13H20ClN3/c1-16-6-5-12(9-16)10-17(2)8-11-3-4-13(14)15-7-11/h3-4,7,12H,5-6,8-10H2,1-2H3. The zero-order valence-electron chi connectivity index (χ0n) is 10.6. The van der Waals surface area contributed by atoms with Gasteiger partial charge < -0.3 is 9.80 Å². The van der Waals surface area contributed by atoms with E-state index in [2.05, 4.69) is 28.9 Å². The van der Waals surface area contributed by atoms with E-state index < -0.39 is 0 Å². The zero-order valence-corrected chi connectivity index (χ0v) is 11.3. The van der Waals surface area contributed by atoms with Crippen LogP contribution in [0.5, 0.6) is 0 Å². The molecule has 0 radical (unpaired) electrons. The van der Waals surface area contributed by atoms with Crippen LogP contribution in [0.3, 0.4) is 0 Å². The van der Waals surface area contributed by atoms with E-state index in [1.807, 2.05) is 18.3 Å². The van der Waals surface area contributed by atoms with Crippen molar-refractivity contribution in [3.63, 3.8) is 0 Å². The molecule has 1 saturated heterocycles. The molecule has 1 unspecified atom stereocenters. The molecule has 3 nitrogen and oxygen atoms in total. The van der Waals surface area contributed by atoms with Gasteiger partial charge in [-0.15, -0.1) is 0 Å². The fourth-order valence-electron chi connectivity index (χ4n) is 2.49. The Labute approximate surface area is 108 Å². The first kappa shape index (κ1) is 12.8. The van der Waals surface area contributed by atoms with Crippen LogP contribution in [0.4, 0.5) is 0 Å². The molecule has 0 amide bonds.